The Labute approximate surface area is 124 Å². The van der Waals surface area contributed by atoms with Crippen molar-refractivity contribution in [2.45, 2.75) is 70.8 Å². The molecule has 1 nitrogen and oxygen atoms in total. The van der Waals surface area contributed by atoms with Crippen LogP contribution in [0.2, 0.25) is 0 Å². The van der Waals surface area contributed by atoms with Gasteiger partial charge in [-0.1, -0.05) is 13.3 Å². The summed E-state index contributed by atoms with van der Waals surface area (Å²) in [5.41, 5.74) is 0.790. The molecule has 2 atom stereocenters. The first-order chi connectivity index (χ1) is 8.79. The summed E-state index contributed by atoms with van der Waals surface area (Å²) in [6.07, 6.45) is 14.1. The zero-order valence-electron chi connectivity index (χ0n) is 12.4. The molecular weight excluding hydrogens is 254 g/mol. The van der Waals surface area contributed by atoms with Crippen LogP contribution in [0.15, 0.2) is 0 Å². The first-order valence-corrected chi connectivity index (χ1v) is 8.52. The Kier molecular flexibility index (Phi) is 3.90. The van der Waals surface area contributed by atoms with Gasteiger partial charge in [-0.05, 0) is 87.0 Å². The minimum absolute atomic E-state index is 0. The molecule has 5 saturated carbocycles. The molecule has 110 valence electrons. The molecule has 0 aromatic heterocycles. The molecule has 2 unspecified atom stereocenters. The van der Waals surface area contributed by atoms with Crippen molar-refractivity contribution < 1.29 is 0 Å². The van der Waals surface area contributed by atoms with E-state index in [1.54, 1.807) is 38.5 Å². The third-order valence-corrected chi connectivity index (χ3v) is 6.85. The molecule has 0 radical (unpaired) electrons. The first-order valence-electron chi connectivity index (χ1n) is 8.52. The Balaban J connectivity index is 0.00000110. The van der Waals surface area contributed by atoms with Gasteiger partial charge in [0.05, 0.1) is 0 Å². The summed E-state index contributed by atoms with van der Waals surface area (Å²) in [5.74, 6) is 4.41. The van der Waals surface area contributed by atoms with E-state index in [0.717, 1.165) is 35.1 Å². The summed E-state index contributed by atoms with van der Waals surface area (Å²) >= 11 is 0. The van der Waals surface area contributed by atoms with Gasteiger partial charge in [-0.2, -0.15) is 0 Å². The van der Waals surface area contributed by atoms with Crippen molar-refractivity contribution >= 4 is 12.4 Å². The van der Waals surface area contributed by atoms with Crippen molar-refractivity contribution in [1.82, 2.24) is 5.32 Å². The molecule has 1 N–H and O–H groups in total. The lowest BCUT2D eigenvalue weighted by Gasteiger charge is -2.60. The number of hydrogen-bond acceptors (Lipinski definition) is 1. The zero-order valence-corrected chi connectivity index (χ0v) is 13.2. The van der Waals surface area contributed by atoms with E-state index in [2.05, 4.69) is 12.2 Å². The van der Waals surface area contributed by atoms with Crippen molar-refractivity contribution in [3.8, 4) is 0 Å². The normalized spacial score (nSPS) is 51.3. The molecule has 5 aliphatic rings. The van der Waals surface area contributed by atoms with Crippen LogP contribution in [0.3, 0.4) is 0 Å². The monoisotopic (exact) mass is 283 g/mol. The third kappa shape index (κ3) is 2.25. The van der Waals surface area contributed by atoms with Gasteiger partial charge in [0.1, 0.15) is 0 Å². The molecular formula is C17H30ClN. The second-order valence-corrected chi connectivity index (χ2v) is 7.98. The molecule has 19 heavy (non-hydrogen) atoms. The standard InChI is InChI=1S/C17H29N.ClH/c1-2-18-16-5-3-4-15(16)17-9-12-6-13(10-17)8-14(7-12)11-17;/h12-16,18H,2-11H2,1H3;1H. The minimum Gasteiger partial charge on any atom is -0.314 e. The zero-order chi connectivity index (χ0) is 12.2. The molecule has 5 aliphatic carbocycles. The molecule has 2 heteroatoms. The van der Waals surface area contributed by atoms with Gasteiger partial charge in [-0.15, -0.1) is 12.4 Å². The maximum absolute atomic E-state index is 3.82. The van der Waals surface area contributed by atoms with E-state index in [9.17, 15) is 0 Å². The average Bonchev–Trinajstić information content (AvgIpc) is 2.76. The second-order valence-electron chi connectivity index (χ2n) is 7.98. The van der Waals surface area contributed by atoms with Gasteiger partial charge in [-0.3, -0.25) is 0 Å². The molecule has 0 amide bonds. The van der Waals surface area contributed by atoms with Gasteiger partial charge in [0.15, 0.2) is 0 Å². The van der Waals surface area contributed by atoms with E-state index in [1.165, 1.54) is 25.8 Å². The van der Waals surface area contributed by atoms with Crippen LogP contribution in [0, 0.1) is 29.1 Å². The third-order valence-electron chi connectivity index (χ3n) is 6.85. The summed E-state index contributed by atoms with van der Waals surface area (Å²) < 4.78 is 0. The van der Waals surface area contributed by atoms with Crippen molar-refractivity contribution in [3.63, 3.8) is 0 Å². The maximum Gasteiger partial charge on any atom is 0.0100 e. The van der Waals surface area contributed by atoms with E-state index in [1.807, 2.05) is 0 Å². The maximum atomic E-state index is 3.82. The van der Waals surface area contributed by atoms with E-state index in [0.29, 0.717) is 0 Å². The largest absolute Gasteiger partial charge is 0.314 e. The van der Waals surface area contributed by atoms with Gasteiger partial charge < -0.3 is 5.32 Å². The summed E-state index contributed by atoms with van der Waals surface area (Å²) in [7, 11) is 0. The van der Waals surface area contributed by atoms with Gasteiger partial charge in [0, 0.05) is 6.04 Å². The Morgan fingerprint density at radius 1 is 0.947 bits per heavy atom. The number of nitrogens with one attached hydrogen (secondary N) is 1. The highest BCUT2D eigenvalue weighted by atomic mass is 35.5. The van der Waals surface area contributed by atoms with Crippen LogP contribution in [0.5, 0.6) is 0 Å². The first kappa shape index (κ1) is 14.2. The lowest BCUT2D eigenvalue weighted by atomic mass is 9.46. The van der Waals surface area contributed by atoms with E-state index in [4.69, 9.17) is 0 Å². The smallest absolute Gasteiger partial charge is 0.0100 e. The van der Waals surface area contributed by atoms with Crippen LogP contribution in [-0.2, 0) is 0 Å². The molecule has 0 spiro atoms. The highest BCUT2D eigenvalue weighted by molar-refractivity contribution is 5.85. The van der Waals surface area contributed by atoms with E-state index < -0.39 is 0 Å². The summed E-state index contributed by atoms with van der Waals surface area (Å²) in [6.45, 7) is 3.46. The average molecular weight is 284 g/mol. The Bertz CT molecular complexity index is 292. The van der Waals surface area contributed by atoms with Crippen LogP contribution >= 0.6 is 12.4 Å². The Morgan fingerprint density at radius 3 is 2.05 bits per heavy atom. The molecule has 0 aromatic carbocycles. The van der Waals surface area contributed by atoms with Crippen LogP contribution in [0.1, 0.15) is 64.7 Å². The summed E-state index contributed by atoms with van der Waals surface area (Å²) in [5, 5.41) is 3.82. The molecule has 0 saturated heterocycles. The number of rotatable bonds is 3. The molecule has 0 heterocycles. The minimum atomic E-state index is 0. The molecule has 0 aromatic rings. The van der Waals surface area contributed by atoms with Crippen molar-refractivity contribution in [3.05, 3.63) is 0 Å². The van der Waals surface area contributed by atoms with Gasteiger partial charge >= 0.3 is 0 Å². The van der Waals surface area contributed by atoms with Crippen LogP contribution < -0.4 is 5.32 Å². The number of halogens is 1. The summed E-state index contributed by atoms with van der Waals surface area (Å²) in [6, 6.07) is 0.867. The topological polar surface area (TPSA) is 12.0 Å². The van der Waals surface area contributed by atoms with Crippen LogP contribution in [0.25, 0.3) is 0 Å². The van der Waals surface area contributed by atoms with E-state index >= 15 is 0 Å². The van der Waals surface area contributed by atoms with E-state index in [-0.39, 0.29) is 12.4 Å². The van der Waals surface area contributed by atoms with Gasteiger partial charge in [-0.25, -0.2) is 0 Å². The van der Waals surface area contributed by atoms with Crippen molar-refractivity contribution in [2.24, 2.45) is 29.1 Å². The van der Waals surface area contributed by atoms with Gasteiger partial charge in [0.25, 0.3) is 0 Å². The van der Waals surface area contributed by atoms with Crippen molar-refractivity contribution in [2.75, 3.05) is 6.54 Å². The van der Waals surface area contributed by atoms with Crippen molar-refractivity contribution in [1.29, 1.82) is 0 Å². The fourth-order valence-corrected chi connectivity index (χ4v) is 6.83. The van der Waals surface area contributed by atoms with Gasteiger partial charge in [0.2, 0.25) is 0 Å². The predicted octanol–water partition coefficient (Wildman–Crippen LogP) is 4.40. The summed E-state index contributed by atoms with van der Waals surface area (Å²) in [4.78, 5) is 0. The highest BCUT2D eigenvalue weighted by Gasteiger charge is 2.55. The Morgan fingerprint density at radius 2 is 1.53 bits per heavy atom. The molecule has 4 bridgehead atoms. The highest BCUT2D eigenvalue weighted by Crippen LogP contribution is 2.64. The quantitative estimate of drug-likeness (QED) is 0.809. The molecule has 0 aliphatic heterocycles. The lowest BCUT2D eigenvalue weighted by Crippen LogP contribution is -2.53. The molecule has 5 rings (SSSR count). The second kappa shape index (κ2) is 5.22. The van der Waals surface area contributed by atoms with Crippen LogP contribution in [-0.4, -0.2) is 12.6 Å². The number of hydrogen-bond donors (Lipinski definition) is 1. The molecule has 5 fully saturated rings. The Hall–Kier alpha value is 0.250. The fraction of sp³-hybridized carbons (Fsp3) is 1.00. The SMILES string of the molecule is CCNC1CCCC1C12CC3CC(CC(C3)C1)C2.Cl. The lowest BCUT2D eigenvalue weighted by molar-refractivity contribution is -0.0910. The predicted molar refractivity (Wildman–Crippen MR) is 82.7 cm³/mol. The van der Waals surface area contributed by atoms with Crippen LogP contribution in [0.4, 0.5) is 0 Å². The fourth-order valence-electron chi connectivity index (χ4n) is 6.83.